The molecule has 5 nitrogen and oxygen atoms in total. The van der Waals surface area contributed by atoms with Gasteiger partial charge in [-0.3, -0.25) is 9.48 Å². The summed E-state index contributed by atoms with van der Waals surface area (Å²) in [6.45, 7) is 3.68. The van der Waals surface area contributed by atoms with Crippen LogP contribution < -0.4 is 4.74 Å². The van der Waals surface area contributed by atoms with Crippen LogP contribution in [0.15, 0.2) is 59.2 Å². The van der Waals surface area contributed by atoms with E-state index in [1.165, 1.54) is 0 Å². The number of hydrogen-bond donors (Lipinski definition) is 0. The average molecular weight is 463 g/mol. The number of nitrogens with zero attached hydrogens (tertiary/aromatic N) is 3. The van der Waals surface area contributed by atoms with Gasteiger partial charge in [0, 0.05) is 24.2 Å². The molecule has 1 heterocycles. The quantitative estimate of drug-likeness (QED) is 0.487. The van der Waals surface area contributed by atoms with E-state index in [4.69, 9.17) is 16.3 Å². The van der Waals surface area contributed by atoms with Gasteiger partial charge in [0.15, 0.2) is 0 Å². The Kier molecular flexibility index (Phi) is 6.75. The SMILES string of the molecule is CCn1ncc(Br)c1CN(C)C(=O)c1ccc(COc2ccc(Cl)cc2)cc1. The third-order valence-corrected chi connectivity index (χ3v) is 5.27. The van der Waals surface area contributed by atoms with Gasteiger partial charge >= 0.3 is 0 Å². The lowest BCUT2D eigenvalue weighted by molar-refractivity contribution is 0.0781. The fourth-order valence-corrected chi connectivity index (χ4v) is 3.32. The zero-order chi connectivity index (χ0) is 20.1. The Bertz CT molecular complexity index is 939. The molecule has 0 bridgehead atoms. The highest BCUT2D eigenvalue weighted by molar-refractivity contribution is 9.10. The second kappa shape index (κ2) is 9.26. The Morgan fingerprint density at radius 1 is 1.18 bits per heavy atom. The van der Waals surface area contributed by atoms with Crippen molar-refractivity contribution in [1.82, 2.24) is 14.7 Å². The van der Waals surface area contributed by atoms with Gasteiger partial charge in [0.25, 0.3) is 5.91 Å². The largest absolute Gasteiger partial charge is 0.489 e. The number of halogens is 2. The summed E-state index contributed by atoms with van der Waals surface area (Å²) in [6, 6.07) is 14.7. The molecule has 1 amide bonds. The number of rotatable bonds is 7. The minimum atomic E-state index is -0.0408. The summed E-state index contributed by atoms with van der Waals surface area (Å²) in [5, 5.41) is 4.97. The van der Waals surface area contributed by atoms with E-state index >= 15 is 0 Å². The van der Waals surface area contributed by atoms with Crippen LogP contribution in [-0.2, 0) is 19.7 Å². The highest BCUT2D eigenvalue weighted by Gasteiger charge is 2.16. The van der Waals surface area contributed by atoms with E-state index in [-0.39, 0.29) is 5.91 Å². The van der Waals surface area contributed by atoms with E-state index in [0.717, 1.165) is 28.0 Å². The summed E-state index contributed by atoms with van der Waals surface area (Å²) in [6.07, 6.45) is 1.76. The second-order valence-electron chi connectivity index (χ2n) is 6.36. The smallest absolute Gasteiger partial charge is 0.253 e. The van der Waals surface area contributed by atoms with E-state index < -0.39 is 0 Å². The fourth-order valence-electron chi connectivity index (χ4n) is 2.78. The van der Waals surface area contributed by atoms with Gasteiger partial charge in [-0.15, -0.1) is 0 Å². The first-order chi connectivity index (χ1) is 13.5. The van der Waals surface area contributed by atoms with Crippen molar-refractivity contribution in [3.05, 3.63) is 81.0 Å². The molecule has 0 N–H and O–H groups in total. The van der Waals surface area contributed by atoms with Crippen molar-refractivity contribution >= 4 is 33.4 Å². The van der Waals surface area contributed by atoms with Crippen molar-refractivity contribution in [3.63, 3.8) is 0 Å². The summed E-state index contributed by atoms with van der Waals surface area (Å²) >= 11 is 9.37. The van der Waals surface area contributed by atoms with Crippen molar-refractivity contribution in [2.75, 3.05) is 7.05 Å². The van der Waals surface area contributed by atoms with Crippen LogP contribution in [0.25, 0.3) is 0 Å². The molecule has 3 aromatic rings. The molecule has 0 saturated heterocycles. The van der Waals surface area contributed by atoms with Gasteiger partial charge < -0.3 is 9.64 Å². The molecule has 0 aliphatic rings. The van der Waals surface area contributed by atoms with E-state index in [1.54, 1.807) is 30.3 Å². The first kappa shape index (κ1) is 20.4. The molecular formula is C21H21BrClN3O2. The van der Waals surface area contributed by atoms with E-state index in [0.29, 0.717) is 23.7 Å². The number of aryl methyl sites for hydroxylation is 1. The minimum Gasteiger partial charge on any atom is -0.489 e. The number of aromatic nitrogens is 2. The summed E-state index contributed by atoms with van der Waals surface area (Å²) < 4.78 is 8.52. The van der Waals surface area contributed by atoms with Gasteiger partial charge in [-0.1, -0.05) is 23.7 Å². The van der Waals surface area contributed by atoms with Crippen molar-refractivity contribution < 1.29 is 9.53 Å². The molecular weight excluding hydrogens is 442 g/mol. The third-order valence-electron chi connectivity index (χ3n) is 4.35. The van der Waals surface area contributed by atoms with Crippen molar-refractivity contribution in [2.45, 2.75) is 26.6 Å². The van der Waals surface area contributed by atoms with Crippen LogP contribution in [0.4, 0.5) is 0 Å². The molecule has 0 aliphatic heterocycles. The summed E-state index contributed by atoms with van der Waals surface area (Å²) in [5.41, 5.74) is 2.60. The Hall–Kier alpha value is -2.31. The van der Waals surface area contributed by atoms with Crippen LogP contribution in [-0.4, -0.2) is 27.6 Å². The van der Waals surface area contributed by atoms with Gasteiger partial charge in [-0.25, -0.2) is 0 Å². The Morgan fingerprint density at radius 3 is 2.50 bits per heavy atom. The van der Waals surface area contributed by atoms with Gasteiger partial charge in [0.05, 0.1) is 22.9 Å². The molecule has 0 atom stereocenters. The maximum absolute atomic E-state index is 12.7. The van der Waals surface area contributed by atoms with Crippen molar-refractivity contribution in [3.8, 4) is 5.75 Å². The molecule has 0 spiro atoms. The molecule has 0 unspecified atom stereocenters. The maximum Gasteiger partial charge on any atom is 0.253 e. The second-order valence-corrected chi connectivity index (χ2v) is 7.65. The molecule has 146 valence electrons. The number of amides is 1. The fraction of sp³-hybridized carbons (Fsp3) is 0.238. The van der Waals surface area contributed by atoms with Gasteiger partial charge in [0.1, 0.15) is 12.4 Å². The predicted octanol–water partition coefficient (Wildman–Crippen LogP) is 5.17. The lowest BCUT2D eigenvalue weighted by Gasteiger charge is -2.18. The lowest BCUT2D eigenvalue weighted by atomic mass is 10.1. The van der Waals surface area contributed by atoms with Crippen LogP contribution >= 0.6 is 27.5 Å². The normalized spacial score (nSPS) is 10.7. The molecule has 28 heavy (non-hydrogen) atoms. The van der Waals surface area contributed by atoms with E-state index in [9.17, 15) is 4.79 Å². The number of hydrogen-bond acceptors (Lipinski definition) is 3. The number of carbonyl (C=O) groups excluding carboxylic acids is 1. The molecule has 0 saturated carbocycles. The van der Waals surface area contributed by atoms with E-state index in [1.807, 2.05) is 48.0 Å². The van der Waals surface area contributed by atoms with Crippen LogP contribution in [0.5, 0.6) is 5.75 Å². The molecule has 1 aromatic heterocycles. The van der Waals surface area contributed by atoms with Crippen LogP contribution in [0.3, 0.4) is 0 Å². The van der Waals surface area contributed by atoms with Gasteiger partial charge in [-0.2, -0.15) is 5.10 Å². The van der Waals surface area contributed by atoms with Crippen LogP contribution in [0.2, 0.25) is 5.02 Å². The molecule has 7 heteroatoms. The van der Waals surface area contributed by atoms with Gasteiger partial charge in [0.2, 0.25) is 0 Å². The molecule has 0 fully saturated rings. The van der Waals surface area contributed by atoms with E-state index in [2.05, 4.69) is 21.0 Å². The van der Waals surface area contributed by atoms with Crippen LogP contribution in [0.1, 0.15) is 28.5 Å². The highest BCUT2D eigenvalue weighted by Crippen LogP contribution is 2.19. The standard InChI is InChI=1S/C21H21BrClN3O2/c1-3-26-20(19(22)12-24-26)13-25(2)21(27)16-6-4-15(5-7-16)14-28-18-10-8-17(23)9-11-18/h4-12H,3,13-14H2,1-2H3. The first-order valence-corrected chi connectivity index (χ1v) is 10.1. The summed E-state index contributed by atoms with van der Waals surface area (Å²) in [5.74, 6) is 0.711. The zero-order valence-corrected chi connectivity index (χ0v) is 18.1. The number of ether oxygens (including phenoxy) is 1. The average Bonchev–Trinajstić information content (AvgIpc) is 3.07. The Morgan fingerprint density at radius 2 is 1.86 bits per heavy atom. The number of benzene rings is 2. The minimum absolute atomic E-state index is 0.0408. The molecule has 0 aliphatic carbocycles. The lowest BCUT2D eigenvalue weighted by Crippen LogP contribution is -2.27. The zero-order valence-electron chi connectivity index (χ0n) is 15.7. The molecule has 0 radical (unpaired) electrons. The Balaban J connectivity index is 1.61. The first-order valence-electron chi connectivity index (χ1n) is 8.91. The summed E-state index contributed by atoms with van der Waals surface area (Å²) in [7, 11) is 1.79. The third kappa shape index (κ3) is 4.94. The number of carbonyl (C=O) groups is 1. The molecule has 3 rings (SSSR count). The highest BCUT2D eigenvalue weighted by atomic mass is 79.9. The van der Waals surface area contributed by atoms with Crippen molar-refractivity contribution in [2.24, 2.45) is 0 Å². The topological polar surface area (TPSA) is 47.4 Å². The van der Waals surface area contributed by atoms with Crippen LogP contribution in [0, 0.1) is 0 Å². The van der Waals surface area contributed by atoms with Crippen molar-refractivity contribution in [1.29, 1.82) is 0 Å². The summed E-state index contributed by atoms with van der Waals surface area (Å²) in [4.78, 5) is 14.4. The monoisotopic (exact) mass is 461 g/mol. The maximum atomic E-state index is 12.7. The van der Waals surface area contributed by atoms with Gasteiger partial charge in [-0.05, 0) is 64.8 Å². The molecule has 2 aromatic carbocycles. The Labute approximate surface area is 178 Å². The predicted molar refractivity (Wildman–Crippen MR) is 114 cm³/mol.